The highest BCUT2D eigenvalue weighted by atomic mass is 19.1. The van der Waals surface area contributed by atoms with E-state index in [9.17, 15) is 14.0 Å². The second-order valence-electron chi connectivity index (χ2n) is 3.61. The molecule has 0 aliphatic rings. The van der Waals surface area contributed by atoms with Crippen molar-refractivity contribution in [3.05, 3.63) is 30.1 Å². The van der Waals surface area contributed by atoms with E-state index in [0.717, 1.165) is 0 Å². The fraction of sp³-hybridized carbons (Fsp3) is 0.333. The minimum absolute atomic E-state index is 0.0460. The van der Waals surface area contributed by atoms with E-state index < -0.39 is 5.82 Å². The number of halogens is 1. The zero-order valence-electron chi connectivity index (χ0n) is 9.37. The lowest BCUT2D eigenvalue weighted by Gasteiger charge is -2.17. The third-order valence-electron chi connectivity index (χ3n) is 2.28. The summed E-state index contributed by atoms with van der Waals surface area (Å²) in [6.07, 6.45) is 0.303. The van der Waals surface area contributed by atoms with Crippen LogP contribution in [0.15, 0.2) is 24.3 Å². The van der Waals surface area contributed by atoms with Crippen molar-refractivity contribution >= 4 is 17.4 Å². The first-order chi connectivity index (χ1) is 7.52. The molecule has 0 spiro atoms. The Morgan fingerprint density at radius 1 is 1.25 bits per heavy atom. The number of hydrogen-bond acceptors (Lipinski definition) is 2. The van der Waals surface area contributed by atoms with Crippen LogP contribution in [0.1, 0.15) is 19.8 Å². The molecule has 0 saturated carbocycles. The summed E-state index contributed by atoms with van der Waals surface area (Å²) in [6.45, 7) is 1.43. The molecule has 1 aromatic rings. The van der Waals surface area contributed by atoms with Crippen molar-refractivity contribution < 1.29 is 14.0 Å². The highest BCUT2D eigenvalue weighted by Crippen LogP contribution is 2.17. The van der Waals surface area contributed by atoms with E-state index in [1.54, 1.807) is 12.1 Å². The number of Topliss-reactive ketones (excluding diaryl/α,β-unsaturated/α-hetero) is 1. The van der Waals surface area contributed by atoms with Gasteiger partial charge in [0.15, 0.2) is 0 Å². The van der Waals surface area contributed by atoms with Gasteiger partial charge in [-0.3, -0.25) is 4.79 Å². The van der Waals surface area contributed by atoms with E-state index in [0.29, 0.717) is 0 Å². The van der Waals surface area contributed by atoms with Gasteiger partial charge in [0.05, 0.1) is 5.69 Å². The Kier molecular flexibility index (Phi) is 4.17. The van der Waals surface area contributed by atoms with Crippen LogP contribution in [-0.4, -0.2) is 18.7 Å². The summed E-state index contributed by atoms with van der Waals surface area (Å²) in [4.78, 5) is 23.6. The number of ketones is 1. The molecule has 0 aliphatic heterocycles. The molecule has 0 saturated heterocycles. The SMILES string of the molecule is CC(=O)CCC(=O)N(C)c1ccccc1F. The first-order valence-electron chi connectivity index (χ1n) is 5.03. The van der Waals surface area contributed by atoms with E-state index in [2.05, 4.69) is 0 Å². The van der Waals surface area contributed by atoms with E-state index >= 15 is 0 Å². The van der Waals surface area contributed by atoms with E-state index in [-0.39, 0.29) is 30.2 Å². The van der Waals surface area contributed by atoms with Crippen LogP contribution < -0.4 is 4.90 Å². The van der Waals surface area contributed by atoms with Gasteiger partial charge in [0.25, 0.3) is 0 Å². The largest absolute Gasteiger partial charge is 0.313 e. The lowest BCUT2D eigenvalue weighted by atomic mass is 10.2. The predicted molar refractivity (Wildman–Crippen MR) is 59.7 cm³/mol. The lowest BCUT2D eigenvalue weighted by Crippen LogP contribution is -2.27. The van der Waals surface area contributed by atoms with Gasteiger partial charge in [-0.2, -0.15) is 0 Å². The molecule has 0 aliphatic carbocycles. The maximum atomic E-state index is 13.3. The van der Waals surface area contributed by atoms with Crippen LogP contribution in [0, 0.1) is 5.82 Å². The van der Waals surface area contributed by atoms with Gasteiger partial charge in [0.1, 0.15) is 11.6 Å². The summed E-state index contributed by atoms with van der Waals surface area (Å²) in [5.41, 5.74) is 0.232. The van der Waals surface area contributed by atoms with Gasteiger partial charge >= 0.3 is 0 Å². The lowest BCUT2D eigenvalue weighted by molar-refractivity contribution is -0.122. The first-order valence-corrected chi connectivity index (χ1v) is 5.03. The van der Waals surface area contributed by atoms with Gasteiger partial charge in [-0.05, 0) is 19.1 Å². The Hall–Kier alpha value is -1.71. The van der Waals surface area contributed by atoms with Crippen molar-refractivity contribution in [2.75, 3.05) is 11.9 Å². The Morgan fingerprint density at radius 2 is 1.88 bits per heavy atom. The Balaban J connectivity index is 2.71. The fourth-order valence-electron chi connectivity index (χ4n) is 1.31. The molecule has 0 atom stereocenters. The Bertz CT molecular complexity index is 404. The van der Waals surface area contributed by atoms with Crippen molar-refractivity contribution in [3.8, 4) is 0 Å². The molecular weight excluding hydrogens is 209 g/mol. The molecular formula is C12H14FNO2. The topological polar surface area (TPSA) is 37.4 Å². The molecule has 1 amide bonds. The van der Waals surface area contributed by atoms with Crippen molar-refractivity contribution in [3.63, 3.8) is 0 Å². The molecule has 0 aromatic heterocycles. The molecule has 0 unspecified atom stereocenters. The zero-order chi connectivity index (χ0) is 12.1. The molecule has 0 fully saturated rings. The zero-order valence-corrected chi connectivity index (χ0v) is 9.37. The summed E-state index contributed by atoms with van der Waals surface area (Å²) in [7, 11) is 1.50. The average molecular weight is 223 g/mol. The van der Waals surface area contributed by atoms with Crippen molar-refractivity contribution in [2.24, 2.45) is 0 Å². The Morgan fingerprint density at radius 3 is 2.44 bits per heavy atom. The molecule has 1 rings (SSSR count). The highest BCUT2D eigenvalue weighted by Gasteiger charge is 2.14. The van der Waals surface area contributed by atoms with Crippen molar-refractivity contribution in [1.82, 2.24) is 0 Å². The molecule has 0 bridgehead atoms. The van der Waals surface area contributed by atoms with Crippen LogP contribution in [0.3, 0.4) is 0 Å². The third kappa shape index (κ3) is 3.15. The van der Waals surface area contributed by atoms with E-state index in [4.69, 9.17) is 0 Å². The van der Waals surface area contributed by atoms with Crippen LogP contribution in [0.5, 0.6) is 0 Å². The smallest absolute Gasteiger partial charge is 0.227 e. The molecule has 0 heterocycles. The monoisotopic (exact) mass is 223 g/mol. The predicted octanol–water partition coefficient (Wildman–Crippen LogP) is 2.16. The molecule has 4 heteroatoms. The van der Waals surface area contributed by atoms with Crippen LogP contribution >= 0.6 is 0 Å². The van der Waals surface area contributed by atoms with Gasteiger partial charge in [-0.15, -0.1) is 0 Å². The summed E-state index contributed by atoms with van der Waals surface area (Å²) in [5.74, 6) is -0.753. The van der Waals surface area contributed by atoms with Crippen LogP contribution in [0.2, 0.25) is 0 Å². The Labute approximate surface area is 93.9 Å². The second-order valence-corrected chi connectivity index (χ2v) is 3.61. The number of anilines is 1. The molecule has 1 aromatic carbocycles. The minimum Gasteiger partial charge on any atom is -0.313 e. The summed E-state index contributed by atoms with van der Waals surface area (Å²) in [5, 5.41) is 0. The third-order valence-corrected chi connectivity index (χ3v) is 2.28. The second kappa shape index (κ2) is 5.39. The number of rotatable bonds is 4. The van der Waals surface area contributed by atoms with E-state index in [1.165, 1.54) is 31.0 Å². The van der Waals surface area contributed by atoms with Gasteiger partial charge < -0.3 is 9.69 Å². The summed E-state index contributed by atoms with van der Waals surface area (Å²) < 4.78 is 13.3. The number of para-hydroxylation sites is 1. The number of hydrogen-bond donors (Lipinski definition) is 0. The molecule has 16 heavy (non-hydrogen) atoms. The number of carbonyl (C=O) groups excluding carboxylic acids is 2. The number of nitrogens with zero attached hydrogens (tertiary/aromatic N) is 1. The van der Waals surface area contributed by atoms with Gasteiger partial charge in [0, 0.05) is 19.9 Å². The summed E-state index contributed by atoms with van der Waals surface area (Å²) in [6, 6.07) is 6.05. The molecule has 0 N–H and O–H groups in total. The van der Waals surface area contributed by atoms with Crippen LogP contribution in [0.4, 0.5) is 10.1 Å². The van der Waals surface area contributed by atoms with Gasteiger partial charge in [0.2, 0.25) is 5.91 Å². The fourth-order valence-corrected chi connectivity index (χ4v) is 1.31. The average Bonchev–Trinajstić information content (AvgIpc) is 2.25. The molecule has 0 radical (unpaired) electrons. The number of amides is 1. The highest BCUT2D eigenvalue weighted by molar-refractivity contribution is 5.94. The van der Waals surface area contributed by atoms with Gasteiger partial charge in [-0.1, -0.05) is 12.1 Å². The number of carbonyl (C=O) groups is 2. The minimum atomic E-state index is -0.443. The maximum absolute atomic E-state index is 13.3. The van der Waals surface area contributed by atoms with Gasteiger partial charge in [-0.25, -0.2) is 4.39 Å². The van der Waals surface area contributed by atoms with Crippen molar-refractivity contribution in [1.29, 1.82) is 0 Å². The molecule has 3 nitrogen and oxygen atoms in total. The standard InChI is InChI=1S/C12H14FNO2/c1-9(15)7-8-12(16)14(2)11-6-4-3-5-10(11)13/h3-6H,7-8H2,1-2H3. The van der Waals surface area contributed by atoms with E-state index in [1.807, 2.05) is 0 Å². The number of benzene rings is 1. The first kappa shape index (κ1) is 12.4. The van der Waals surface area contributed by atoms with Crippen LogP contribution in [0.25, 0.3) is 0 Å². The summed E-state index contributed by atoms with van der Waals surface area (Å²) >= 11 is 0. The van der Waals surface area contributed by atoms with Crippen LogP contribution in [-0.2, 0) is 9.59 Å². The normalized spacial score (nSPS) is 9.94. The van der Waals surface area contributed by atoms with Crippen molar-refractivity contribution in [2.45, 2.75) is 19.8 Å². The maximum Gasteiger partial charge on any atom is 0.227 e. The quantitative estimate of drug-likeness (QED) is 0.784. The molecule has 86 valence electrons.